The van der Waals surface area contributed by atoms with E-state index in [2.05, 4.69) is 72.2 Å². The van der Waals surface area contributed by atoms with Crippen molar-refractivity contribution in [3.63, 3.8) is 0 Å². The summed E-state index contributed by atoms with van der Waals surface area (Å²) in [5.74, 6) is 0.804. The minimum atomic E-state index is 0.0789. The lowest BCUT2D eigenvalue weighted by Crippen LogP contribution is -2.26. The van der Waals surface area contributed by atoms with Crippen LogP contribution >= 0.6 is 0 Å². The highest BCUT2D eigenvalue weighted by Crippen LogP contribution is 2.40. The van der Waals surface area contributed by atoms with Gasteiger partial charge in [0.1, 0.15) is 0 Å². The van der Waals surface area contributed by atoms with Crippen LogP contribution in [0.4, 0.5) is 0 Å². The Hall–Kier alpha value is -3.71. The summed E-state index contributed by atoms with van der Waals surface area (Å²) < 4.78 is 4.56. The summed E-state index contributed by atoms with van der Waals surface area (Å²) in [6, 6.07) is 10.9. The van der Waals surface area contributed by atoms with Crippen molar-refractivity contribution in [2.24, 2.45) is 5.92 Å². The van der Waals surface area contributed by atoms with Gasteiger partial charge < -0.3 is 14.8 Å². The van der Waals surface area contributed by atoms with Crippen molar-refractivity contribution in [2.45, 2.75) is 72.6 Å². The number of pyridine rings is 1. The molecular formula is C33H38N6O. The minimum Gasteiger partial charge on any atom is -0.340 e. The second-order valence-electron chi connectivity index (χ2n) is 11.6. The van der Waals surface area contributed by atoms with Gasteiger partial charge in [-0.05, 0) is 81.8 Å². The molecule has 1 N–H and O–H groups in total. The first-order valence-corrected chi connectivity index (χ1v) is 14.9. The normalized spacial score (nSPS) is 17.0. The van der Waals surface area contributed by atoms with Crippen molar-refractivity contribution in [3.05, 3.63) is 76.5 Å². The zero-order valence-electron chi connectivity index (χ0n) is 23.8. The molecule has 1 fully saturated rings. The molecule has 3 aromatic heterocycles. The fourth-order valence-electron chi connectivity index (χ4n) is 6.53. The topological polar surface area (TPSA) is 68.0 Å². The first kappa shape index (κ1) is 25.3. The van der Waals surface area contributed by atoms with E-state index in [1.807, 2.05) is 15.8 Å². The number of amides is 1. The molecule has 40 heavy (non-hydrogen) atoms. The average molecular weight is 535 g/mol. The van der Waals surface area contributed by atoms with Crippen LogP contribution in [0.3, 0.4) is 0 Å². The van der Waals surface area contributed by atoms with E-state index in [4.69, 9.17) is 4.98 Å². The fourth-order valence-corrected chi connectivity index (χ4v) is 6.53. The predicted octanol–water partition coefficient (Wildman–Crippen LogP) is 5.73. The third-order valence-corrected chi connectivity index (χ3v) is 8.80. The van der Waals surface area contributed by atoms with Crippen LogP contribution in [0, 0.1) is 12.8 Å². The Morgan fingerprint density at radius 3 is 2.73 bits per heavy atom. The highest BCUT2D eigenvalue weighted by Gasteiger charge is 2.30. The van der Waals surface area contributed by atoms with Crippen molar-refractivity contribution in [1.29, 1.82) is 0 Å². The maximum Gasteiger partial charge on any atom is 0.254 e. The number of hydrogen-bond acceptors (Lipinski definition) is 4. The smallest absolute Gasteiger partial charge is 0.254 e. The van der Waals surface area contributed by atoms with Gasteiger partial charge in [0, 0.05) is 70.9 Å². The summed E-state index contributed by atoms with van der Waals surface area (Å²) in [4.78, 5) is 21.0. The van der Waals surface area contributed by atoms with Crippen molar-refractivity contribution >= 4 is 22.4 Å². The molecule has 1 aliphatic carbocycles. The molecule has 7 rings (SSSR count). The number of aromatic nitrogens is 4. The Kier molecular flexibility index (Phi) is 6.34. The quantitative estimate of drug-likeness (QED) is 0.329. The second kappa shape index (κ2) is 10.0. The number of benzene rings is 1. The number of carbonyl (C=O) groups excluding carboxylic acids is 1. The van der Waals surface area contributed by atoms with Crippen LogP contribution in [0.1, 0.15) is 71.8 Å². The Balaban J connectivity index is 1.40. The van der Waals surface area contributed by atoms with Crippen LogP contribution in [-0.4, -0.2) is 43.2 Å². The Bertz CT molecular complexity index is 1650. The molecule has 3 aliphatic rings. The summed E-state index contributed by atoms with van der Waals surface area (Å²) in [6.07, 6.45) is 8.78. The third kappa shape index (κ3) is 4.37. The number of nitrogens with one attached hydrogen (secondary N) is 1. The molecule has 7 heteroatoms. The highest BCUT2D eigenvalue weighted by molar-refractivity contribution is 6.05. The monoisotopic (exact) mass is 534 g/mol. The van der Waals surface area contributed by atoms with Gasteiger partial charge in [0.2, 0.25) is 0 Å². The third-order valence-electron chi connectivity index (χ3n) is 8.80. The summed E-state index contributed by atoms with van der Waals surface area (Å²) in [5.41, 5.74) is 11.3. The van der Waals surface area contributed by atoms with Gasteiger partial charge >= 0.3 is 0 Å². The summed E-state index contributed by atoms with van der Waals surface area (Å²) in [7, 11) is 0. The van der Waals surface area contributed by atoms with Gasteiger partial charge in [-0.3, -0.25) is 14.5 Å². The first-order chi connectivity index (χ1) is 19.5. The van der Waals surface area contributed by atoms with E-state index in [0.29, 0.717) is 13.1 Å². The standard InChI is InChI=1S/C33H38N6O/c1-4-29-27(11-8-21(3)36-29)28-14-25(33(40)37-19-26-17-35-39(5-2)31(26)20-37)13-24-15-30(23-7-6-12-34-16-23)38(32(24)28)18-22-9-10-22/h7-8,11,13-15,17,22,34H,4-6,9-10,12,16,18-20H2,1-3H3. The van der Waals surface area contributed by atoms with E-state index in [9.17, 15) is 4.79 Å². The molecule has 1 amide bonds. The van der Waals surface area contributed by atoms with Gasteiger partial charge in [0.15, 0.2) is 0 Å². The van der Waals surface area contributed by atoms with Gasteiger partial charge in [0.25, 0.3) is 5.91 Å². The van der Waals surface area contributed by atoms with Crippen molar-refractivity contribution < 1.29 is 4.79 Å². The number of fused-ring (bicyclic) bond motifs is 2. The molecule has 4 aromatic rings. The molecule has 7 nitrogen and oxygen atoms in total. The lowest BCUT2D eigenvalue weighted by Gasteiger charge is -2.20. The molecule has 0 radical (unpaired) electrons. The molecular weight excluding hydrogens is 496 g/mol. The molecule has 0 saturated heterocycles. The Morgan fingerprint density at radius 1 is 1.10 bits per heavy atom. The van der Waals surface area contributed by atoms with Gasteiger partial charge in [-0.2, -0.15) is 5.10 Å². The Morgan fingerprint density at radius 2 is 1.98 bits per heavy atom. The van der Waals surface area contributed by atoms with Crippen LogP contribution in [0.2, 0.25) is 0 Å². The zero-order valence-corrected chi connectivity index (χ0v) is 23.8. The first-order valence-electron chi connectivity index (χ1n) is 14.9. The number of hydrogen-bond donors (Lipinski definition) is 1. The number of carbonyl (C=O) groups is 1. The summed E-state index contributed by atoms with van der Waals surface area (Å²) >= 11 is 0. The van der Waals surface area contributed by atoms with Crippen LogP contribution in [-0.2, 0) is 32.6 Å². The molecule has 1 saturated carbocycles. The van der Waals surface area contributed by atoms with Gasteiger partial charge in [-0.1, -0.05) is 19.1 Å². The van der Waals surface area contributed by atoms with Crippen molar-refractivity contribution in [1.82, 2.24) is 29.5 Å². The molecule has 2 aliphatic heterocycles. The van der Waals surface area contributed by atoms with E-state index < -0.39 is 0 Å². The van der Waals surface area contributed by atoms with Crippen LogP contribution in [0.5, 0.6) is 0 Å². The number of rotatable bonds is 7. The molecule has 0 atom stereocenters. The lowest BCUT2D eigenvalue weighted by atomic mass is 9.96. The van der Waals surface area contributed by atoms with E-state index in [1.54, 1.807) is 0 Å². The fraction of sp³-hybridized carbons (Fsp3) is 0.424. The van der Waals surface area contributed by atoms with Crippen LogP contribution in [0.25, 0.3) is 27.6 Å². The zero-order chi connectivity index (χ0) is 27.4. The van der Waals surface area contributed by atoms with Crippen LogP contribution in [0.15, 0.2) is 42.6 Å². The van der Waals surface area contributed by atoms with Gasteiger partial charge in [-0.15, -0.1) is 0 Å². The van der Waals surface area contributed by atoms with Crippen molar-refractivity contribution in [2.75, 3.05) is 13.1 Å². The average Bonchev–Trinajstić information content (AvgIpc) is 3.40. The van der Waals surface area contributed by atoms with E-state index in [-0.39, 0.29) is 5.91 Å². The largest absolute Gasteiger partial charge is 0.340 e. The molecule has 0 bridgehead atoms. The molecule has 0 spiro atoms. The maximum atomic E-state index is 14.1. The lowest BCUT2D eigenvalue weighted by molar-refractivity contribution is 0.0748. The SMILES string of the molecule is CCc1nc(C)ccc1-c1cc(C(=O)N2Cc3cnn(CC)c3C2)cc2cc(C3=CCCNC3)n(CC3CC3)c12. The molecule has 5 heterocycles. The molecule has 0 unspecified atom stereocenters. The Labute approximate surface area is 235 Å². The predicted molar refractivity (Wildman–Crippen MR) is 159 cm³/mol. The number of nitrogens with zero attached hydrogens (tertiary/aromatic N) is 5. The summed E-state index contributed by atoms with van der Waals surface area (Å²) in [6.45, 7) is 11.3. The molecule has 206 valence electrons. The van der Waals surface area contributed by atoms with E-state index in [0.717, 1.165) is 89.7 Å². The van der Waals surface area contributed by atoms with E-state index in [1.165, 1.54) is 29.6 Å². The summed E-state index contributed by atoms with van der Waals surface area (Å²) in [5, 5.41) is 9.20. The number of aryl methyl sites for hydroxylation is 3. The maximum absolute atomic E-state index is 14.1. The minimum absolute atomic E-state index is 0.0789. The van der Waals surface area contributed by atoms with Gasteiger partial charge in [0.05, 0.1) is 24.0 Å². The van der Waals surface area contributed by atoms with Crippen molar-refractivity contribution in [3.8, 4) is 11.1 Å². The second-order valence-corrected chi connectivity index (χ2v) is 11.6. The highest BCUT2D eigenvalue weighted by atomic mass is 16.2. The molecule has 1 aromatic carbocycles. The van der Waals surface area contributed by atoms with Gasteiger partial charge in [-0.25, -0.2) is 0 Å². The van der Waals surface area contributed by atoms with Crippen LogP contribution < -0.4 is 5.32 Å². The van der Waals surface area contributed by atoms with E-state index >= 15 is 0 Å².